The van der Waals surface area contributed by atoms with Gasteiger partial charge in [0.25, 0.3) is 0 Å². The van der Waals surface area contributed by atoms with Crippen molar-refractivity contribution in [1.82, 2.24) is 24.1 Å². The second-order valence-electron chi connectivity index (χ2n) is 12.8. The molecule has 0 N–H and O–H groups in total. The van der Waals surface area contributed by atoms with E-state index < -0.39 is 0 Å². The molecule has 5 heteroatoms. The van der Waals surface area contributed by atoms with E-state index in [0.717, 1.165) is 23.1 Å². The molecule has 1 unspecified atom stereocenters. The van der Waals surface area contributed by atoms with Gasteiger partial charge in [-0.2, -0.15) is 0 Å². The second-order valence-corrected chi connectivity index (χ2v) is 12.8. The van der Waals surface area contributed by atoms with Crippen LogP contribution in [0.2, 0.25) is 0 Å². The Kier molecular flexibility index (Phi) is 6.56. The highest BCUT2D eigenvalue weighted by atomic mass is 15.0. The summed E-state index contributed by atoms with van der Waals surface area (Å²) in [7, 11) is 0. The van der Waals surface area contributed by atoms with Gasteiger partial charge >= 0.3 is 0 Å². The number of rotatable bonds is 5. The first-order valence-corrected chi connectivity index (χ1v) is 17.1. The van der Waals surface area contributed by atoms with E-state index in [1.165, 1.54) is 49.3 Å². The maximum Gasteiger partial charge on any atom is 0.164 e. The van der Waals surface area contributed by atoms with Crippen LogP contribution < -0.4 is 0 Å². The molecule has 3 aromatic heterocycles. The summed E-state index contributed by atoms with van der Waals surface area (Å²) in [6.45, 7) is 0. The van der Waals surface area contributed by atoms with E-state index in [9.17, 15) is 0 Å². The molecule has 0 fully saturated rings. The Hall–Kier alpha value is -6.59. The molecule has 0 spiro atoms. The highest BCUT2D eigenvalue weighted by Gasteiger charge is 2.22. The molecule has 9 aromatic rings. The lowest BCUT2D eigenvalue weighted by Crippen LogP contribution is -2.09. The molecule has 236 valence electrons. The van der Waals surface area contributed by atoms with Gasteiger partial charge in [0.2, 0.25) is 0 Å². The predicted molar refractivity (Wildman–Crippen MR) is 205 cm³/mol. The van der Waals surface area contributed by atoms with Crippen LogP contribution in [0, 0.1) is 0 Å². The van der Waals surface area contributed by atoms with Crippen LogP contribution in [0.3, 0.4) is 0 Å². The van der Waals surface area contributed by atoms with Crippen molar-refractivity contribution in [3.63, 3.8) is 0 Å². The summed E-state index contributed by atoms with van der Waals surface area (Å²) in [5.41, 5.74) is 9.01. The molecule has 5 nitrogen and oxygen atoms in total. The monoisotopic (exact) mass is 641 g/mol. The lowest BCUT2D eigenvalue weighted by atomic mass is 10.0. The van der Waals surface area contributed by atoms with Crippen molar-refractivity contribution in [2.24, 2.45) is 0 Å². The van der Waals surface area contributed by atoms with Gasteiger partial charge in [0, 0.05) is 49.4 Å². The molecule has 0 aliphatic heterocycles. The molecule has 1 atom stereocenters. The van der Waals surface area contributed by atoms with E-state index >= 15 is 0 Å². The van der Waals surface area contributed by atoms with E-state index in [0.29, 0.717) is 17.5 Å². The van der Waals surface area contributed by atoms with Gasteiger partial charge < -0.3 is 9.13 Å². The summed E-state index contributed by atoms with van der Waals surface area (Å²) >= 11 is 0. The number of aromatic nitrogens is 5. The third-order valence-corrected chi connectivity index (χ3v) is 9.88. The van der Waals surface area contributed by atoms with Gasteiger partial charge in [-0.3, -0.25) is 0 Å². The highest BCUT2D eigenvalue weighted by molar-refractivity contribution is 6.18. The molecular formula is C45H31N5. The average Bonchev–Trinajstić information content (AvgIpc) is 3.70. The molecular weight excluding hydrogens is 611 g/mol. The summed E-state index contributed by atoms with van der Waals surface area (Å²) in [6.07, 6.45) is 7.60. The summed E-state index contributed by atoms with van der Waals surface area (Å²) in [6, 6.07) is 53.4. The zero-order chi connectivity index (χ0) is 33.0. The van der Waals surface area contributed by atoms with Crippen molar-refractivity contribution in [2.75, 3.05) is 0 Å². The Morgan fingerprint density at radius 3 is 1.62 bits per heavy atom. The molecule has 1 aliphatic rings. The summed E-state index contributed by atoms with van der Waals surface area (Å²) in [5.74, 6) is 2.03. The summed E-state index contributed by atoms with van der Waals surface area (Å²) in [4.78, 5) is 14.8. The lowest BCUT2D eigenvalue weighted by molar-refractivity contribution is 0.649. The maximum atomic E-state index is 4.98. The second kappa shape index (κ2) is 11.5. The zero-order valence-electron chi connectivity index (χ0n) is 27.2. The Labute approximate surface area is 289 Å². The fourth-order valence-electron chi connectivity index (χ4n) is 7.58. The van der Waals surface area contributed by atoms with Crippen molar-refractivity contribution in [3.05, 3.63) is 176 Å². The molecule has 0 amide bonds. The van der Waals surface area contributed by atoms with Crippen molar-refractivity contribution in [1.29, 1.82) is 0 Å². The van der Waals surface area contributed by atoms with E-state index in [-0.39, 0.29) is 6.04 Å². The number of hydrogen-bond donors (Lipinski definition) is 0. The first kappa shape index (κ1) is 28.4. The largest absolute Gasteiger partial charge is 0.333 e. The lowest BCUT2D eigenvalue weighted by Gasteiger charge is -2.20. The molecule has 0 bridgehead atoms. The topological polar surface area (TPSA) is 48.5 Å². The van der Waals surface area contributed by atoms with Crippen LogP contribution in [-0.4, -0.2) is 24.1 Å². The first-order valence-electron chi connectivity index (χ1n) is 17.1. The predicted octanol–water partition coefficient (Wildman–Crippen LogP) is 11.0. The van der Waals surface area contributed by atoms with Gasteiger partial charge in [0.05, 0.1) is 22.6 Å². The van der Waals surface area contributed by atoms with Crippen molar-refractivity contribution in [2.45, 2.75) is 12.5 Å². The van der Waals surface area contributed by atoms with Gasteiger partial charge in [-0.15, -0.1) is 0 Å². The Morgan fingerprint density at radius 1 is 0.460 bits per heavy atom. The van der Waals surface area contributed by atoms with Gasteiger partial charge in [-0.1, -0.05) is 133 Å². The number of nitrogens with zero attached hydrogens (tertiary/aromatic N) is 5. The molecule has 1 aliphatic carbocycles. The van der Waals surface area contributed by atoms with Crippen LogP contribution in [0.5, 0.6) is 0 Å². The van der Waals surface area contributed by atoms with E-state index in [4.69, 9.17) is 15.0 Å². The van der Waals surface area contributed by atoms with Crippen molar-refractivity contribution >= 4 is 49.2 Å². The molecule has 3 heterocycles. The van der Waals surface area contributed by atoms with Gasteiger partial charge in [0.15, 0.2) is 17.5 Å². The van der Waals surface area contributed by atoms with Gasteiger partial charge in [-0.05, 0) is 42.8 Å². The highest BCUT2D eigenvalue weighted by Crippen LogP contribution is 2.41. The summed E-state index contributed by atoms with van der Waals surface area (Å²) < 4.78 is 4.91. The third-order valence-electron chi connectivity index (χ3n) is 9.88. The Bertz CT molecular complexity index is 2720. The van der Waals surface area contributed by atoms with Crippen LogP contribution in [0.25, 0.3) is 77.6 Å². The minimum Gasteiger partial charge on any atom is -0.333 e. The quantitative estimate of drug-likeness (QED) is 0.188. The van der Waals surface area contributed by atoms with Gasteiger partial charge in [-0.25, -0.2) is 15.0 Å². The SMILES string of the molecule is C1=CC(n2c3ccccc3c3cc4c(cc32)c2ccccc2n4-c2ccccc2)CC=C1c1nc(-c2ccccc2)nc(-c2ccccc2)n1. The normalized spacial score (nSPS) is 14.6. The smallest absolute Gasteiger partial charge is 0.164 e. The minimum absolute atomic E-state index is 0.130. The number of allylic oxidation sites excluding steroid dienone is 4. The molecule has 0 saturated carbocycles. The van der Waals surface area contributed by atoms with E-state index in [1.807, 2.05) is 60.7 Å². The number of hydrogen-bond acceptors (Lipinski definition) is 3. The fraction of sp³-hybridized carbons (Fsp3) is 0.0444. The molecule has 0 radical (unpaired) electrons. The standard InChI is InChI=1S/C45H31N5/c1-4-14-30(15-5-1)43-46-44(31-16-6-2-7-17-31)48-45(47-43)32-24-26-34(27-25-32)50-40-23-13-11-21-36(40)38-28-41-37(29-42(38)50)35-20-10-12-22-39(35)49(41)33-18-8-3-9-19-33/h1-26,28-29,34H,27H2. The van der Waals surface area contributed by atoms with E-state index in [2.05, 4.69) is 118 Å². The number of para-hydroxylation sites is 3. The van der Waals surface area contributed by atoms with E-state index in [1.54, 1.807) is 0 Å². The van der Waals surface area contributed by atoms with Gasteiger partial charge in [0.1, 0.15) is 0 Å². The average molecular weight is 642 g/mol. The number of fused-ring (bicyclic) bond motifs is 6. The Balaban J connectivity index is 1.11. The molecule has 6 aromatic carbocycles. The van der Waals surface area contributed by atoms with Crippen LogP contribution in [0.1, 0.15) is 18.3 Å². The molecule has 10 rings (SSSR count). The first-order chi connectivity index (χ1) is 24.8. The summed E-state index contributed by atoms with van der Waals surface area (Å²) in [5, 5.41) is 5.03. The Morgan fingerprint density at radius 2 is 0.980 bits per heavy atom. The van der Waals surface area contributed by atoms with Crippen LogP contribution in [-0.2, 0) is 0 Å². The molecule has 50 heavy (non-hydrogen) atoms. The number of benzene rings is 6. The van der Waals surface area contributed by atoms with Crippen molar-refractivity contribution < 1.29 is 0 Å². The molecule has 0 saturated heterocycles. The zero-order valence-corrected chi connectivity index (χ0v) is 27.2. The van der Waals surface area contributed by atoms with Crippen LogP contribution in [0.15, 0.2) is 170 Å². The van der Waals surface area contributed by atoms with Crippen LogP contribution >= 0.6 is 0 Å². The van der Waals surface area contributed by atoms with Crippen LogP contribution in [0.4, 0.5) is 0 Å². The fourth-order valence-corrected chi connectivity index (χ4v) is 7.58. The van der Waals surface area contributed by atoms with Crippen molar-refractivity contribution in [3.8, 4) is 28.5 Å². The third kappa shape index (κ3) is 4.59. The maximum absolute atomic E-state index is 4.98. The minimum atomic E-state index is 0.130.